The summed E-state index contributed by atoms with van der Waals surface area (Å²) < 4.78 is 19.2. The smallest absolute Gasteiger partial charge is 0.124 e. The summed E-state index contributed by atoms with van der Waals surface area (Å²) in [6.45, 7) is 1.97. The average molecular weight is 391 g/mol. The Labute approximate surface area is 130 Å². The maximum atomic E-state index is 13.1. The van der Waals surface area contributed by atoms with Gasteiger partial charge in [-0.15, -0.1) is 11.6 Å². The van der Waals surface area contributed by atoms with E-state index >= 15 is 0 Å². The lowest BCUT2D eigenvalue weighted by atomic mass is 10.0. The molecule has 1 unspecified atom stereocenters. The molecule has 0 aromatic heterocycles. The predicted octanol–water partition coefficient (Wildman–Crippen LogP) is 5.08. The van der Waals surface area contributed by atoms with Crippen molar-refractivity contribution in [1.82, 2.24) is 0 Å². The molecule has 2 aromatic rings. The molecule has 0 aliphatic heterocycles. The molecule has 2 aromatic carbocycles. The van der Waals surface area contributed by atoms with E-state index in [9.17, 15) is 4.39 Å². The van der Waals surface area contributed by atoms with Crippen LogP contribution in [-0.2, 0) is 0 Å². The third-order valence-corrected chi connectivity index (χ3v) is 4.37. The van der Waals surface area contributed by atoms with Crippen molar-refractivity contribution in [3.05, 3.63) is 62.5 Å². The maximum Gasteiger partial charge on any atom is 0.124 e. The lowest BCUT2D eigenvalue weighted by molar-refractivity contribution is 0.411. The quantitative estimate of drug-likeness (QED) is 0.525. The Morgan fingerprint density at radius 3 is 2.53 bits per heavy atom. The minimum Gasteiger partial charge on any atom is -0.496 e. The van der Waals surface area contributed by atoms with Crippen LogP contribution in [0.4, 0.5) is 4.39 Å². The van der Waals surface area contributed by atoms with Crippen LogP contribution in [0, 0.1) is 16.3 Å². The van der Waals surface area contributed by atoms with Gasteiger partial charge in [0.2, 0.25) is 0 Å². The van der Waals surface area contributed by atoms with Gasteiger partial charge in [0.1, 0.15) is 11.6 Å². The summed E-state index contributed by atoms with van der Waals surface area (Å²) in [6, 6.07) is 10.5. The van der Waals surface area contributed by atoms with Crippen LogP contribution in [0.25, 0.3) is 0 Å². The second kappa shape index (κ2) is 6.09. The highest BCUT2D eigenvalue weighted by molar-refractivity contribution is 14.1. The van der Waals surface area contributed by atoms with Crippen LogP contribution in [0.1, 0.15) is 22.1 Å². The summed E-state index contributed by atoms with van der Waals surface area (Å²) in [6.07, 6.45) is 0. The van der Waals surface area contributed by atoms with E-state index in [-0.39, 0.29) is 11.2 Å². The molecule has 19 heavy (non-hydrogen) atoms. The zero-order valence-corrected chi connectivity index (χ0v) is 13.5. The first kappa shape index (κ1) is 14.6. The number of methoxy groups -OCH3 is 1. The Bertz CT molecular complexity index is 601. The van der Waals surface area contributed by atoms with Crippen molar-refractivity contribution in [2.24, 2.45) is 0 Å². The first-order chi connectivity index (χ1) is 9.02. The highest BCUT2D eigenvalue weighted by Crippen LogP contribution is 2.34. The molecule has 0 spiro atoms. The van der Waals surface area contributed by atoms with Gasteiger partial charge in [-0.05, 0) is 64.4 Å². The van der Waals surface area contributed by atoms with Gasteiger partial charge in [-0.1, -0.05) is 18.2 Å². The van der Waals surface area contributed by atoms with Gasteiger partial charge in [-0.25, -0.2) is 4.39 Å². The third kappa shape index (κ3) is 3.20. The van der Waals surface area contributed by atoms with Gasteiger partial charge in [0, 0.05) is 3.57 Å². The molecule has 0 N–H and O–H groups in total. The molecule has 0 fully saturated rings. The summed E-state index contributed by atoms with van der Waals surface area (Å²) in [5.41, 5.74) is 2.92. The Kier molecular flexibility index (Phi) is 4.68. The number of rotatable bonds is 3. The number of halogens is 3. The molecular formula is C15H13ClFIO. The number of benzene rings is 2. The molecule has 0 heterocycles. The molecule has 0 radical (unpaired) electrons. The highest BCUT2D eigenvalue weighted by Gasteiger charge is 2.15. The molecule has 0 bridgehead atoms. The molecule has 0 amide bonds. The fourth-order valence-corrected chi connectivity index (χ4v) is 3.24. The largest absolute Gasteiger partial charge is 0.496 e. The molecule has 1 nitrogen and oxygen atoms in total. The van der Waals surface area contributed by atoms with Crippen LogP contribution < -0.4 is 4.74 Å². The molecule has 4 heteroatoms. The summed E-state index contributed by atoms with van der Waals surface area (Å²) in [7, 11) is 1.64. The van der Waals surface area contributed by atoms with E-state index in [1.807, 2.05) is 25.1 Å². The molecule has 0 aliphatic rings. The Morgan fingerprint density at radius 2 is 1.95 bits per heavy atom. The fraction of sp³-hybridized carbons (Fsp3) is 0.200. The number of hydrogen-bond donors (Lipinski definition) is 0. The SMILES string of the molecule is COc1ccc(C(Cl)c2ccc(F)cc2I)cc1C. The van der Waals surface area contributed by atoms with Crippen LogP contribution in [0.5, 0.6) is 5.75 Å². The first-order valence-electron chi connectivity index (χ1n) is 5.76. The lowest BCUT2D eigenvalue weighted by Crippen LogP contribution is -1.98. The van der Waals surface area contributed by atoms with E-state index in [4.69, 9.17) is 16.3 Å². The van der Waals surface area contributed by atoms with Crippen molar-refractivity contribution in [2.45, 2.75) is 12.3 Å². The van der Waals surface area contributed by atoms with E-state index in [0.717, 1.165) is 26.0 Å². The standard InChI is InChI=1S/C15H13ClFIO/c1-9-7-10(3-6-14(9)19-2)15(16)12-5-4-11(17)8-13(12)18/h3-8,15H,1-2H3. The number of aryl methyl sites for hydroxylation is 1. The Balaban J connectivity index is 2.38. The molecule has 2 rings (SSSR count). The summed E-state index contributed by atoms with van der Waals surface area (Å²) >= 11 is 8.59. The summed E-state index contributed by atoms with van der Waals surface area (Å²) in [5, 5.41) is -0.294. The van der Waals surface area contributed by atoms with E-state index < -0.39 is 0 Å². The molecule has 100 valence electrons. The van der Waals surface area contributed by atoms with Crippen molar-refractivity contribution >= 4 is 34.2 Å². The van der Waals surface area contributed by atoms with Crippen molar-refractivity contribution < 1.29 is 9.13 Å². The van der Waals surface area contributed by atoms with Gasteiger partial charge in [0.05, 0.1) is 12.5 Å². The summed E-state index contributed by atoms with van der Waals surface area (Å²) in [5.74, 6) is 0.587. The van der Waals surface area contributed by atoms with Gasteiger partial charge in [0.25, 0.3) is 0 Å². The Morgan fingerprint density at radius 1 is 1.21 bits per heavy atom. The average Bonchev–Trinajstić information content (AvgIpc) is 2.38. The van der Waals surface area contributed by atoms with E-state index in [2.05, 4.69) is 22.6 Å². The number of alkyl halides is 1. The zero-order chi connectivity index (χ0) is 14.0. The van der Waals surface area contributed by atoms with E-state index in [0.29, 0.717) is 0 Å². The molecule has 0 saturated heterocycles. The van der Waals surface area contributed by atoms with E-state index in [1.165, 1.54) is 12.1 Å². The van der Waals surface area contributed by atoms with Crippen molar-refractivity contribution in [3.8, 4) is 5.75 Å². The summed E-state index contributed by atoms with van der Waals surface area (Å²) in [4.78, 5) is 0. The van der Waals surface area contributed by atoms with Gasteiger partial charge in [-0.3, -0.25) is 0 Å². The minimum atomic E-state index is -0.294. The zero-order valence-electron chi connectivity index (χ0n) is 10.6. The topological polar surface area (TPSA) is 9.23 Å². The normalized spacial score (nSPS) is 12.3. The van der Waals surface area contributed by atoms with Gasteiger partial charge in [0.15, 0.2) is 0 Å². The van der Waals surface area contributed by atoms with Crippen molar-refractivity contribution in [2.75, 3.05) is 7.11 Å². The fourth-order valence-electron chi connectivity index (χ4n) is 1.95. The third-order valence-electron chi connectivity index (χ3n) is 2.95. The van der Waals surface area contributed by atoms with Gasteiger partial charge in [-0.2, -0.15) is 0 Å². The monoisotopic (exact) mass is 390 g/mol. The van der Waals surface area contributed by atoms with Gasteiger partial charge >= 0.3 is 0 Å². The predicted molar refractivity (Wildman–Crippen MR) is 84.5 cm³/mol. The number of ether oxygens (including phenoxy) is 1. The highest BCUT2D eigenvalue weighted by atomic mass is 127. The lowest BCUT2D eigenvalue weighted by Gasteiger charge is -2.14. The van der Waals surface area contributed by atoms with Gasteiger partial charge < -0.3 is 4.74 Å². The van der Waals surface area contributed by atoms with Crippen molar-refractivity contribution in [1.29, 1.82) is 0 Å². The van der Waals surface area contributed by atoms with Crippen LogP contribution in [0.15, 0.2) is 36.4 Å². The number of hydrogen-bond acceptors (Lipinski definition) is 1. The van der Waals surface area contributed by atoms with Crippen LogP contribution in [-0.4, -0.2) is 7.11 Å². The molecule has 1 atom stereocenters. The maximum absolute atomic E-state index is 13.1. The Hall–Kier alpha value is -0.810. The van der Waals surface area contributed by atoms with Crippen LogP contribution in [0.2, 0.25) is 0 Å². The van der Waals surface area contributed by atoms with Crippen molar-refractivity contribution in [3.63, 3.8) is 0 Å². The molecule has 0 saturated carbocycles. The van der Waals surface area contributed by atoms with Crippen LogP contribution in [0.3, 0.4) is 0 Å². The second-order valence-electron chi connectivity index (χ2n) is 4.26. The van der Waals surface area contributed by atoms with E-state index in [1.54, 1.807) is 13.2 Å². The molecular weight excluding hydrogens is 378 g/mol. The van der Waals surface area contributed by atoms with Crippen LogP contribution >= 0.6 is 34.2 Å². The first-order valence-corrected chi connectivity index (χ1v) is 7.28. The molecule has 0 aliphatic carbocycles. The minimum absolute atomic E-state index is 0.247. The second-order valence-corrected chi connectivity index (χ2v) is 5.86.